The van der Waals surface area contributed by atoms with Crippen LogP contribution in [0.25, 0.3) is 0 Å². The van der Waals surface area contributed by atoms with E-state index in [-0.39, 0.29) is 5.91 Å². The summed E-state index contributed by atoms with van der Waals surface area (Å²) in [6, 6.07) is 14.3. The van der Waals surface area contributed by atoms with E-state index in [0.29, 0.717) is 22.9 Å². The normalized spacial score (nSPS) is 10.6. The van der Waals surface area contributed by atoms with Crippen LogP contribution in [-0.4, -0.2) is 18.7 Å². The molecule has 0 spiro atoms. The predicted octanol–water partition coefficient (Wildman–Crippen LogP) is 3.89. The summed E-state index contributed by atoms with van der Waals surface area (Å²) < 4.78 is 5.56. The van der Waals surface area contributed by atoms with Crippen molar-refractivity contribution in [3.05, 3.63) is 64.7 Å². The molecule has 0 aromatic heterocycles. The molecule has 0 bridgehead atoms. The van der Waals surface area contributed by atoms with Crippen LogP contribution in [0.1, 0.15) is 29.3 Å². The van der Waals surface area contributed by atoms with Crippen molar-refractivity contribution in [2.45, 2.75) is 13.3 Å². The summed E-state index contributed by atoms with van der Waals surface area (Å²) in [5.74, 6) is 0.227. The summed E-state index contributed by atoms with van der Waals surface area (Å²) >= 11 is 6.02. The number of ether oxygens (including phenoxy) is 1. The quantitative estimate of drug-likeness (QED) is 0.649. The van der Waals surface area contributed by atoms with Gasteiger partial charge in [0.15, 0.2) is 0 Å². The fourth-order valence-electron chi connectivity index (χ4n) is 1.79. The van der Waals surface area contributed by atoms with Crippen LogP contribution in [0.5, 0.6) is 5.75 Å². The summed E-state index contributed by atoms with van der Waals surface area (Å²) in [4.78, 5) is 12.2. The Morgan fingerprint density at radius 3 is 2.73 bits per heavy atom. The molecule has 4 nitrogen and oxygen atoms in total. The molecule has 5 heteroatoms. The van der Waals surface area contributed by atoms with Crippen molar-refractivity contribution in [3.63, 3.8) is 0 Å². The molecule has 0 saturated carbocycles. The monoisotopic (exact) mass is 316 g/mol. The maximum absolute atomic E-state index is 12.2. The maximum Gasteiger partial charge on any atom is 0.275 e. The number of benzene rings is 2. The fraction of sp³-hybridized carbons (Fsp3) is 0.176. The number of halogens is 1. The van der Waals surface area contributed by atoms with E-state index in [1.54, 1.807) is 24.3 Å². The first kappa shape index (κ1) is 16.0. The van der Waals surface area contributed by atoms with E-state index in [0.717, 1.165) is 12.0 Å². The highest BCUT2D eigenvalue weighted by atomic mass is 35.5. The highest BCUT2D eigenvalue weighted by Gasteiger charge is 2.10. The molecule has 114 valence electrons. The highest BCUT2D eigenvalue weighted by Crippen LogP contribution is 2.18. The van der Waals surface area contributed by atoms with Crippen LogP contribution in [0.3, 0.4) is 0 Å². The van der Waals surface area contributed by atoms with E-state index >= 15 is 0 Å². The van der Waals surface area contributed by atoms with Gasteiger partial charge in [-0.25, -0.2) is 5.43 Å². The molecule has 2 aromatic rings. The average molecular weight is 317 g/mol. The number of para-hydroxylation sites is 1. The van der Waals surface area contributed by atoms with Crippen LogP contribution in [0, 0.1) is 0 Å². The topological polar surface area (TPSA) is 50.7 Å². The number of nitrogens with one attached hydrogen (secondary N) is 1. The highest BCUT2D eigenvalue weighted by molar-refractivity contribution is 6.33. The second-order valence-corrected chi connectivity index (χ2v) is 4.97. The second-order valence-electron chi connectivity index (χ2n) is 4.57. The Bertz CT molecular complexity index is 671. The van der Waals surface area contributed by atoms with Crippen LogP contribution in [0.15, 0.2) is 53.6 Å². The van der Waals surface area contributed by atoms with Gasteiger partial charge in [-0.05, 0) is 24.6 Å². The van der Waals surface area contributed by atoms with Crippen molar-refractivity contribution >= 4 is 23.7 Å². The third-order valence-corrected chi connectivity index (χ3v) is 3.21. The number of hydrogen-bond donors (Lipinski definition) is 1. The lowest BCUT2D eigenvalue weighted by molar-refractivity contribution is 0.0951. The van der Waals surface area contributed by atoms with E-state index in [9.17, 15) is 4.79 Å². The maximum atomic E-state index is 12.2. The molecule has 0 radical (unpaired) electrons. The Morgan fingerprint density at radius 1 is 1.23 bits per heavy atom. The van der Waals surface area contributed by atoms with E-state index in [1.807, 2.05) is 31.2 Å². The molecule has 1 amide bonds. The van der Waals surface area contributed by atoms with Crippen molar-refractivity contribution in [2.24, 2.45) is 5.10 Å². The molecule has 2 aromatic carbocycles. The van der Waals surface area contributed by atoms with Gasteiger partial charge in [-0.3, -0.25) is 4.79 Å². The molecule has 1 N–H and O–H groups in total. The number of carbonyl (C=O) groups excluding carboxylic acids is 1. The van der Waals surface area contributed by atoms with E-state index < -0.39 is 0 Å². The first-order chi connectivity index (χ1) is 10.7. The van der Waals surface area contributed by atoms with Gasteiger partial charge in [0.2, 0.25) is 0 Å². The molecule has 0 heterocycles. The zero-order valence-electron chi connectivity index (χ0n) is 12.3. The van der Waals surface area contributed by atoms with Crippen molar-refractivity contribution in [3.8, 4) is 5.75 Å². The molecule has 0 aliphatic carbocycles. The second kappa shape index (κ2) is 8.20. The smallest absolute Gasteiger partial charge is 0.275 e. The van der Waals surface area contributed by atoms with Gasteiger partial charge in [-0.2, -0.15) is 5.10 Å². The summed E-state index contributed by atoms with van der Waals surface area (Å²) in [6.07, 6.45) is 2.39. The summed E-state index contributed by atoms with van der Waals surface area (Å²) in [5.41, 5.74) is 3.67. The minimum atomic E-state index is -0.324. The number of nitrogens with zero attached hydrogens (tertiary/aromatic N) is 1. The third kappa shape index (κ3) is 4.33. The third-order valence-electron chi connectivity index (χ3n) is 2.87. The van der Waals surface area contributed by atoms with Crippen molar-refractivity contribution < 1.29 is 9.53 Å². The zero-order valence-corrected chi connectivity index (χ0v) is 13.0. The SMILES string of the molecule is CCCOc1ccccc1C(=O)NN=Cc1ccccc1Cl. The Labute approximate surface area is 134 Å². The van der Waals surface area contributed by atoms with Crippen LogP contribution >= 0.6 is 11.6 Å². The molecule has 0 fully saturated rings. The van der Waals surface area contributed by atoms with Crippen LogP contribution in [0.2, 0.25) is 5.02 Å². The molecule has 22 heavy (non-hydrogen) atoms. The average Bonchev–Trinajstić information content (AvgIpc) is 2.55. The van der Waals surface area contributed by atoms with Gasteiger partial charge in [0.1, 0.15) is 5.75 Å². The number of rotatable bonds is 6. The Kier molecular flexibility index (Phi) is 5.98. The van der Waals surface area contributed by atoms with E-state index in [2.05, 4.69) is 10.5 Å². The van der Waals surface area contributed by atoms with E-state index in [1.165, 1.54) is 6.21 Å². The van der Waals surface area contributed by atoms with Crippen LogP contribution in [-0.2, 0) is 0 Å². The Morgan fingerprint density at radius 2 is 1.95 bits per heavy atom. The summed E-state index contributed by atoms with van der Waals surface area (Å²) in [7, 11) is 0. The number of hydrazone groups is 1. The first-order valence-corrected chi connectivity index (χ1v) is 7.40. The Balaban J connectivity index is 2.05. The Hall–Kier alpha value is -2.33. The lowest BCUT2D eigenvalue weighted by Crippen LogP contribution is -2.18. The van der Waals surface area contributed by atoms with Gasteiger partial charge >= 0.3 is 0 Å². The molecule has 2 rings (SSSR count). The standard InChI is InChI=1S/C17H17ClN2O2/c1-2-11-22-16-10-6-4-8-14(16)17(21)20-19-12-13-7-3-5-9-15(13)18/h3-10,12H,2,11H2,1H3,(H,20,21). The first-order valence-electron chi connectivity index (χ1n) is 7.02. The molecule has 0 aliphatic heterocycles. The van der Waals surface area contributed by atoms with Gasteiger partial charge in [-0.1, -0.05) is 48.9 Å². The van der Waals surface area contributed by atoms with E-state index in [4.69, 9.17) is 16.3 Å². The largest absolute Gasteiger partial charge is 0.493 e. The molecular formula is C17H17ClN2O2. The lowest BCUT2D eigenvalue weighted by Gasteiger charge is -2.09. The van der Waals surface area contributed by atoms with Crippen molar-refractivity contribution in [1.29, 1.82) is 0 Å². The van der Waals surface area contributed by atoms with Gasteiger partial charge in [0, 0.05) is 10.6 Å². The number of hydrogen-bond acceptors (Lipinski definition) is 3. The molecule has 0 unspecified atom stereocenters. The summed E-state index contributed by atoms with van der Waals surface area (Å²) in [6.45, 7) is 2.57. The molecule has 0 atom stereocenters. The lowest BCUT2D eigenvalue weighted by atomic mass is 10.2. The minimum absolute atomic E-state index is 0.324. The zero-order chi connectivity index (χ0) is 15.8. The summed E-state index contributed by atoms with van der Waals surface area (Å²) in [5, 5.41) is 4.51. The molecule has 0 saturated heterocycles. The van der Waals surface area contributed by atoms with Gasteiger partial charge in [0.25, 0.3) is 5.91 Å². The van der Waals surface area contributed by atoms with Crippen LogP contribution < -0.4 is 10.2 Å². The predicted molar refractivity (Wildman–Crippen MR) is 88.7 cm³/mol. The number of amides is 1. The van der Waals surface area contributed by atoms with Gasteiger partial charge < -0.3 is 4.74 Å². The number of carbonyl (C=O) groups is 1. The minimum Gasteiger partial charge on any atom is -0.493 e. The van der Waals surface area contributed by atoms with Crippen molar-refractivity contribution in [1.82, 2.24) is 5.43 Å². The molecule has 0 aliphatic rings. The molecular weight excluding hydrogens is 300 g/mol. The fourth-order valence-corrected chi connectivity index (χ4v) is 1.98. The van der Waals surface area contributed by atoms with Gasteiger partial charge in [0.05, 0.1) is 18.4 Å². The van der Waals surface area contributed by atoms with Crippen LogP contribution in [0.4, 0.5) is 0 Å². The van der Waals surface area contributed by atoms with Gasteiger partial charge in [-0.15, -0.1) is 0 Å². The van der Waals surface area contributed by atoms with Crippen molar-refractivity contribution in [2.75, 3.05) is 6.61 Å².